The van der Waals surface area contributed by atoms with Crippen molar-refractivity contribution in [2.45, 2.75) is 52.1 Å². The summed E-state index contributed by atoms with van der Waals surface area (Å²) in [6.07, 6.45) is 6.68. The highest BCUT2D eigenvalue weighted by molar-refractivity contribution is 6.30. The standard InChI is InChI=1S/C23H27ClO4/c1-2-3-4-5-6-9-15-27-22(25)20-13-7-8-14-21(20)23(26)28-17-18-11-10-12-19(24)16-18/h7-8,10-14,16H,2-6,9,15,17H2,1H3. The third kappa shape index (κ3) is 7.35. The van der Waals surface area contributed by atoms with E-state index in [-0.39, 0.29) is 17.7 Å². The minimum Gasteiger partial charge on any atom is -0.462 e. The maximum absolute atomic E-state index is 12.4. The monoisotopic (exact) mass is 402 g/mol. The second-order valence-electron chi connectivity index (χ2n) is 6.66. The average Bonchev–Trinajstić information content (AvgIpc) is 2.71. The number of hydrogen-bond acceptors (Lipinski definition) is 4. The lowest BCUT2D eigenvalue weighted by Gasteiger charge is -2.10. The summed E-state index contributed by atoms with van der Waals surface area (Å²) in [6, 6.07) is 13.6. The van der Waals surface area contributed by atoms with Crippen molar-refractivity contribution >= 4 is 23.5 Å². The quantitative estimate of drug-likeness (QED) is 0.331. The van der Waals surface area contributed by atoms with Crippen LogP contribution in [0.2, 0.25) is 5.02 Å². The van der Waals surface area contributed by atoms with Gasteiger partial charge in [0.2, 0.25) is 0 Å². The molecule has 2 aromatic carbocycles. The highest BCUT2D eigenvalue weighted by Gasteiger charge is 2.19. The fourth-order valence-corrected chi connectivity index (χ4v) is 3.03. The molecule has 0 amide bonds. The lowest BCUT2D eigenvalue weighted by Crippen LogP contribution is -2.14. The molecule has 0 N–H and O–H groups in total. The van der Waals surface area contributed by atoms with E-state index in [4.69, 9.17) is 21.1 Å². The number of rotatable bonds is 11. The first kappa shape index (κ1) is 22.0. The molecule has 0 atom stereocenters. The molecule has 4 nitrogen and oxygen atoms in total. The topological polar surface area (TPSA) is 52.6 Å². The molecular weight excluding hydrogens is 376 g/mol. The van der Waals surface area contributed by atoms with Gasteiger partial charge in [0, 0.05) is 5.02 Å². The molecule has 28 heavy (non-hydrogen) atoms. The molecule has 0 unspecified atom stereocenters. The van der Waals surface area contributed by atoms with Crippen molar-refractivity contribution in [3.8, 4) is 0 Å². The van der Waals surface area contributed by atoms with Crippen molar-refractivity contribution in [1.29, 1.82) is 0 Å². The molecule has 0 heterocycles. The number of unbranched alkanes of at least 4 members (excludes halogenated alkanes) is 5. The van der Waals surface area contributed by atoms with Gasteiger partial charge in [-0.3, -0.25) is 0 Å². The molecule has 0 aliphatic rings. The van der Waals surface area contributed by atoms with Crippen LogP contribution < -0.4 is 0 Å². The fraction of sp³-hybridized carbons (Fsp3) is 0.391. The molecule has 150 valence electrons. The van der Waals surface area contributed by atoms with Gasteiger partial charge in [0.05, 0.1) is 17.7 Å². The summed E-state index contributed by atoms with van der Waals surface area (Å²) in [5, 5.41) is 0.576. The Morgan fingerprint density at radius 3 is 2.14 bits per heavy atom. The summed E-state index contributed by atoms with van der Waals surface area (Å²) in [6.45, 7) is 2.62. The summed E-state index contributed by atoms with van der Waals surface area (Å²) < 4.78 is 10.7. The Balaban J connectivity index is 1.86. The van der Waals surface area contributed by atoms with Gasteiger partial charge in [-0.2, -0.15) is 0 Å². The molecule has 2 aromatic rings. The average molecular weight is 403 g/mol. The van der Waals surface area contributed by atoms with Crippen molar-refractivity contribution < 1.29 is 19.1 Å². The number of esters is 2. The fourth-order valence-electron chi connectivity index (χ4n) is 2.82. The molecule has 0 spiro atoms. The summed E-state index contributed by atoms with van der Waals surface area (Å²) in [5.41, 5.74) is 1.21. The first-order valence-electron chi connectivity index (χ1n) is 9.79. The highest BCUT2D eigenvalue weighted by atomic mass is 35.5. The van der Waals surface area contributed by atoms with E-state index < -0.39 is 11.9 Å². The number of halogens is 1. The first-order valence-corrected chi connectivity index (χ1v) is 10.2. The number of carbonyl (C=O) groups excluding carboxylic acids is 2. The van der Waals surface area contributed by atoms with E-state index in [1.807, 2.05) is 6.07 Å². The Labute approximate surface area is 171 Å². The van der Waals surface area contributed by atoms with Gasteiger partial charge in [-0.15, -0.1) is 0 Å². The van der Waals surface area contributed by atoms with E-state index in [0.717, 1.165) is 24.8 Å². The van der Waals surface area contributed by atoms with E-state index in [2.05, 4.69) is 6.92 Å². The van der Waals surface area contributed by atoms with Crippen molar-refractivity contribution in [3.63, 3.8) is 0 Å². The van der Waals surface area contributed by atoms with Crippen LogP contribution in [0.1, 0.15) is 71.7 Å². The number of carbonyl (C=O) groups is 2. The second kappa shape index (κ2) is 12.2. The maximum Gasteiger partial charge on any atom is 0.339 e. The summed E-state index contributed by atoms with van der Waals surface area (Å²) in [7, 11) is 0. The highest BCUT2D eigenvalue weighted by Crippen LogP contribution is 2.16. The van der Waals surface area contributed by atoms with E-state index in [9.17, 15) is 9.59 Å². The van der Waals surface area contributed by atoms with Gasteiger partial charge >= 0.3 is 11.9 Å². The van der Waals surface area contributed by atoms with E-state index in [0.29, 0.717) is 11.6 Å². The van der Waals surface area contributed by atoms with Crippen LogP contribution in [0.15, 0.2) is 48.5 Å². The largest absolute Gasteiger partial charge is 0.462 e. The molecule has 0 saturated heterocycles. The van der Waals surface area contributed by atoms with Crippen molar-refractivity contribution in [1.82, 2.24) is 0 Å². The second-order valence-corrected chi connectivity index (χ2v) is 7.09. The predicted octanol–water partition coefficient (Wildman–Crippen LogP) is 6.21. The van der Waals surface area contributed by atoms with Gasteiger partial charge in [0.25, 0.3) is 0 Å². The van der Waals surface area contributed by atoms with Gasteiger partial charge in [0.1, 0.15) is 6.61 Å². The van der Waals surface area contributed by atoms with Gasteiger partial charge in [-0.25, -0.2) is 9.59 Å². The van der Waals surface area contributed by atoms with E-state index in [1.54, 1.807) is 42.5 Å². The molecule has 2 rings (SSSR count). The number of hydrogen-bond donors (Lipinski definition) is 0. The minimum absolute atomic E-state index is 0.0839. The van der Waals surface area contributed by atoms with Crippen LogP contribution in [0.25, 0.3) is 0 Å². The SMILES string of the molecule is CCCCCCCCOC(=O)c1ccccc1C(=O)OCc1cccc(Cl)c1. The van der Waals surface area contributed by atoms with Crippen LogP contribution in [0.3, 0.4) is 0 Å². The van der Waals surface area contributed by atoms with Gasteiger partial charge in [0.15, 0.2) is 0 Å². The summed E-state index contributed by atoms with van der Waals surface area (Å²) in [5.74, 6) is -1.06. The van der Waals surface area contributed by atoms with Gasteiger partial charge in [-0.1, -0.05) is 74.9 Å². The van der Waals surface area contributed by atoms with Crippen molar-refractivity contribution in [2.24, 2.45) is 0 Å². The lowest BCUT2D eigenvalue weighted by atomic mass is 10.1. The third-order valence-corrected chi connectivity index (χ3v) is 4.59. The van der Waals surface area contributed by atoms with Crippen LogP contribution in [0, 0.1) is 0 Å². The Morgan fingerprint density at radius 1 is 0.821 bits per heavy atom. The van der Waals surface area contributed by atoms with Crippen LogP contribution in [-0.2, 0) is 16.1 Å². The predicted molar refractivity (Wildman–Crippen MR) is 111 cm³/mol. The zero-order chi connectivity index (χ0) is 20.2. The normalized spacial score (nSPS) is 10.5. The van der Waals surface area contributed by atoms with Crippen LogP contribution in [0.4, 0.5) is 0 Å². The third-order valence-electron chi connectivity index (χ3n) is 4.36. The lowest BCUT2D eigenvalue weighted by molar-refractivity contribution is 0.0436. The molecule has 0 radical (unpaired) electrons. The molecule has 0 saturated carbocycles. The Kier molecular flexibility index (Phi) is 9.56. The first-order chi connectivity index (χ1) is 13.6. The number of benzene rings is 2. The zero-order valence-electron chi connectivity index (χ0n) is 16.3. The van der Waals surface area contributed by atoms with Crippen LogP contribution >= 0.6 is 11.6 Å². The Morgan fingerprint density at radius 2 is 1.46 bits per heavy atom. The molecule has 0 aliphatic heterocycles. The molecule has 0 aliphatic carbocycles. The molecular formula is C23H27ClO4. The Hall–Kier alpha value is -2.33. The van der Waals surface area contributed by atoms with Crippen molar-refractivity contribution in [3.05, 3.63) is 70.2 Å². The van der Waals surface area contributed by atoms with Crippen LogP contribution in [0.5, 0.6) is 0 Å². The van der Waals surface area contributed by atoms with Gasteiger partial charge < -0.3 is 9.47 Å². The van der Waals surface area contributed by atoms with E-state index in [1.165, 1.54) is 19.3 Å². The summed E-state index contributed by atoms with van der Waals surface area (Å²) >= 11 is 5.94. The molecule has 5 heteroatoms. The Bertz CT molecular complexity index is 773. The molecule has 0 aromatic heterocycles. The molecule has 0 bridgehead atoms. The minimum atomic E-state index is -0.563. The summed E-state index contributed by atoms with van der Waals surface area (Å²) in [4.78, 5) is 24.8. The molecule has 0 fully saturated rings. The van der Waals surface area contributed by atoms with Crippen LogP contribution in [-0.4, -0.2) is 18.5 Å². The maximum atomic E-state index is 12.4. The van der Waals surface area contributed by atoms with E-state index >= 15 is 0 Å². The van der Waals surface area contributed by atoms with Crippen molar-refractivity contribution in [2.75, 3.05) is 6.61 Å². The zero-order valence-corrected chi connectivity index (χ0v) is 17.0. The smallest absolute Gasteiger partial charge is 0.339 e. The number of ether oxygens (including phenoxy) is 2. The van der Waals surface area contributed by atoms with Gasteiger partial charge in [-0.05, 0) is 36.2 Å².